The molecular formula is C12H11BrN2OS. The highest BCUT2D eigenvalue weighted by Crippen LogP contribution is 2.19. The lowest BCUT2D eigenvalue weighted by Gasteiger charge is -2.06. The molecule has 0 aliphatic rings. The van der Waals surface area contributed by atoms with Gasteiger partial charge in [-0.3, -0.25) is 4.79 Å². The van der Waals surface area contributed by atoms with Crippen LogP contribution in [0.15, 0.2) is 40.2 Å². The maximum absolute atomic E-state index is 11.9. The van der Waals surface area contributed by atoms with Gasteiger partial charge in [0.15, 0.2) is 0 Å². The number of thiophene rings is 1. The third kappa shape index (κ3) is 3.08. The van der Waals surface area contributed by atoms with E-state index in [0.717, 1.165) is 9.35 Å². The third-order valence-electron chi connectivity index (χ3n) is 2.24. The van der Waals surface area contributed by atoms with Gasteiger partial charge in [0.2, 0.25) is 0 Å². The molecule has 88 valence electrons. The summed E-state index contributed by atoms with van der Waals surface area (Å²) in [5.41, 5.74) is 6.79. The van der Waals surface area contributed by atoms with Crippen molar-refractivity contribution in [2.45, 2.75) is 6.54 Å². The van der Waals surface area contributed by atoms with Crippen LogP contribution in [-0.4, -0.2) is 5.91 Å². The van der Waals surface area contributed by atoms with Crippen LogP contribution in [0.3, 0.4) is 0 Å². The number of nitrogen functional groups attached to an aromatic ring is 1. The molecule has 0 atom stereocenters. The molecule has 0 spiro atoms. The molecule has 0 bridgehead atoms. The van der Waals surface area contributed by atoms with Crippen molar-refractivity contribution >= 4 is 38.9 Å². The van der Waals surface area contributed by atoms with Gasteiger partial charge in [0.05, 0.1) is 12.1 Å². The number of anilines is 1. The Balaban J connectivity index is 2.07. The van der Waals surface area contributed by atoms with Gasteiger partial charge in [0, 0.05) is 15.0 Å². The van der Waals surface area contributed by atoms with Gasteiger partial charge in [0.25, 0.3) is 5.91 Å². The highest BCUT2D eigenvalue weighted by molar-refractivity contribution is 9.10. The Morgan fingerprint density at radius 1 is 1.41 bits per heavy atom. The lowest BCUT2D eigenvalue weighted by Crippen LogP contribution is -2.22. The number of nitrogens with two attached hydrogens (primary N) is 1. The van der Waals surface area contributed by atoms with E-state index in [-0.39, 0.29) is 5.91 Å². The minimum Gasteiger partial charge on any atom is -0.399 e. The second kappa shape index (κ2) is 5.33. The zero-order valence-corrected chi connectivity index (χ0v) is 11.3. The topological polar surface area (TPSA) is 55.1 Å². The summed E-state index contributed by atoms with van der Waals surface area (Å²) in [5.74, 6) is -0.127. The van der Waals surface area contributed by atoms with Gasteiger partial charge in [-0.2, -0.15) is 0 Å². The SMILES string of the molecule is Nc1ccc(Br)c(C(=O)NCc2cccs2)c1. The second-order valence-electron chi connectivity index (χ2n) is 3.50. The third-order valence-corrected chi connectivity index (χ3v) is 3.81. The summed E-state index contributed by atoms with van der Waals surface area (Å²) in [7, 11) is 0. The predicted molar refractivity (Wildman–Crippen MR) is 74.0 cm³/mol. The van der Waals surface area contributed by atoms with Crippen molar-refractivity contribution in [1.29, 1.82) is 0 Å². The minimum atomic E-state index is -0.127. The van der Waals surface area contributed by atoms with Gasteiger partial charge >= 0.3 is 0 Å². The molecule has 0 radical (unpaired) electrons. The Kier molecular flexibility index (Phi) is 3.81. The molecule has 17 heavy (non-hydrogen) atoms. The summed E-state index contributed by atoms with van der Waals surface area (Å²) < 4.78 is 0.746. The number of carbonyl (C=O) groups is 1. The average Bonchev–Trinajstić information content (AvgIpc) is 2.82. The lowest BCUT2D eigenvalue weighted by molar-refractivity contribution is 0.0950. The molecule has 3 nitrogen and oxygen atoms in total. The number of carbonyl (C=O) groups excluding carboxylic acids is 1. The van der Waals surface area contributed by atoms with Crippen LogP contribution in [0.25, 0.3) is 0 Å². The number of hydrogen-bond acceptors (Lipinski definition) is 3. The minimum absolute atomic E-state index is 0.127. The quantitative estimate of drug-likeness (QED) is 0.856. The van der Waals surface area contributed by atoms with E-state index >= 15 is 0 Å². The van der Waals surface area contributed by atoms with Crippen LogP contribution in [0.2, 0.25) is 0 Å². The van der Waals surface area contributed by atoms with E-state index in [1.807, 2.05) is 17.5 Å². The van der Waals surface area contributed by atoms with E-state index in [9.17, 15) is 4.79 Å². The molecule has 0 saturated heterocycles. The van der Waals surface area contributed by atoms with Crippen LogP contribution in [-0.2, 0) is 6.54 Å². The first-order valence-corrected chi connectivity index (χ1v) is 6.69. The van der Waals surface area contributed by atoms with Gasteiger partial charge in [-0.25, -0.2) is 0 Å². The highest BCUT2D eigenvalue weighted by atomic mass is 79.9. The number of hydrogen-bond donors (Lipinski definition) is 2. The highest BCUT2D eigenvalue weighted by Gasteiger charge is 2.10. The molecule has 1 heterocycles. The molecule has 0 unspecified atom stereocenters. The summed E-state index contributed by atoms with van der Waals surface area (Å²) in [4.78, 5) is 13.0. The van der Waals surface area contributed by atoms with E-state index in [1.54, 1.807) is 29.5 Å². The van der Waals surface area contributed by atoms with E-state index in [1.165, 1.54) is 0 Å². The van der Waals surface area contributed by atoms with E-state index in [0.29, 0.717) is 17.8 Å². The molecule has 0 fully saturated rings. The van der Waals surface area contributed by atoms with Crippen molar-refractivity contribution in [2.24, 2.45) is 0 Å². The molecule has 2 aromatic rings. The van der Waals surface area contributed by atoms with Gasteiger partial charge < -0.3 is 11.1 Å². The molecule has 0 aliphatic heterocycles. The van der Waals surface area contributed by atoms with Crippen molar-refractivity contribution in [3.05, 3.63) is 50.6 Å². The number of nitrogens with one attached hydrogen (secondary N) is 1. The zero-order valence-electron chi connectivity index (χ0n) is 8.94. The Hall–Kier alpha value is -1.33. The maximum Gasteiger partial charge on any atom is 0.252 e. The van der Waals surface area contributed by atoms with Crippen molar-refractivity contribution in [1.82, 2.24) is 5.32 Å². The lowest BCUT2D eigenvalue weighted by atomic mass is 10.2. The molecule has 1 amide bonds. The fraction of sp³-hybridized carbons (Fsp3) is 0.0833. The first-order valence-electron chi connectivity index (χ1n) is 5.02. The molecular weight excluding hydrogens is 300 g/mol. The molecule has 3 N–H and O–H groups in total. The maximum atomic E-state index is 11.9. The van der Waals surface area contributed by atoms with Crippen LogP contribution in [0, 0.1) is 0 Å². The smallest absolute Gasteiger partial charge is 0.252 e. The second-order valence-corrected chi connectivity index (χ2v) is 5.39. The van der Waals surface area contributed by atoms with Gasteiger partial charge in [-0.15, -0.1) is 11.3 Å². The van der Waals surface area contributed by atoms with Crippen LogP contribution in [0.1, 0.15) is 15.2 Å². The summed E-state index contributed by atoms with van der Waals surface area (Å²) in [5, 5.41) is 4.84. The normalized spacial score (nSPS) is 10.2. The van der Waals surface area contributed by atoms with Crippen molar-refractivity contribution in [3.63, 3.8) is 0 Å². The van der Waals surface area contributed by atoms with Gasteiger partial charge in [-0.05, 0) is 45.6 Å². The fourth-order valence-corrected chi connectivity index (χ4v) is 2.46. The molecule has 1 aromatic carbocycles. The number of benzene rings is 1. The predicted octanol–water partition coefficient (Wildman–Crippen LogP) is 3.02. The fourth-order valence-electron chi connectivity index (χ4n) is 1.39. The van der Waals surface area contributed by atoms with Crippen LogP contribution in [0.5, 0.6) is 0 Å². The van der Waals surface area contributed by atoms with E-state index < -0.39 is 0 Å². The Labute approximate surface area is 112 Å². The molecule has 0 aliphatic carbocycles. The summed E-state index contributed by atoms with van der Waals surface area (Å²) in [6, 6.07) is 9.13. The zero-order chi connectivity index (χ0) is 12.3. The molecule has 1 aromatic heterocycles. The Bertz CT molecular complexity index is 525. The van der Waals surface area contributed by atoms with E-state index in [4.69, 9.17) is 5.73 Å². The van der Waals surface area contributed by atoms with Crippen molar-refractivity contribution in [3.8, 4) is 0 Å². The monoisotopic (exact) mass is 310 g/mol. The Morgan fingerprint density at radius 3 is 2.94 bits per heavy atom. The summed E-state index contributed by atoms with van der Waals surface area (Å²) >= 11 is 4.95. The average molecular weight is 311 g/mol. The Morgan fingerprint density at radius 2 is 2.24 bits per heavy atom. The van der Waals surface area contributed by atoms with Crippen molar-refractivity contribution < 1.29 is 4.79 Å². The van der Waals surface area contributed by atoms with Gasteiger partial charge in [-0.1, -0.05) is 6.07 Å². The summed E-state index contributed by atoms with van der Waals surface area (Å²) in [6.45, 7) is 0.539. The van der Waals surface area contributed by atoms with Crippen LogP contribution < -0.4 is 11.1 Å². The van der Waals surface area contributed by atoms with Crippen molar-refractivity contribution in [2.75, 3.05) is 5.73 Å². The number of halogens is 1. The van der Waals surface area contributed by atoms with Gasteiger partial charge in [0.1, 0.15) is 0 Å². The van der Waals surface area contributed by atoms with Crippen LogP contribution in [0.4, 0.5) is 5.69 Å². The standard InChI is InChI=1S/C12H11BrN2OS/c13-11-4-3-8(14)6-10(11)12(16)15-7-9-2-1-5-17-9/h1-6H,7,14H2,(H,15,16). The molecule has 2 rings (SSSR count). The summed E-state index contributed by atoms with van der Waals surface area (Å²) in [6.07, 6.45) is 0. The number of amides is 1. The molecule has 5 heteroatoms. The number of rotatable bonds is 3. The van der Waals surface area contributed by atoms with E-state index in [2.05, 4.69) is 21.2 Å². The van der Waals surface area contributed by atoms with Crippen LogP contribution >= 0.6 is 27.3 Å². The first kappa shape index (κ1) is 12.1. The largest absolute Gasteiger partial charge is 0.399 e. The first-order chi connectivity index (χ1) is 8.16. The molecule has 0 saturated carbocycles.